The van der Waals surface area contributed by atoms with E-state index in [1.165, 1.54) is 32.1 Å². The van der Waals surface area contributed by atoms with Crippen LogP contribution in [-0.2, 0) is 4.79 Å². The molecule has 0 amide bonds. The van der Waals surface area contributed by atoms with Crippen LogP contribution in [0.1, 0.15) is 104 Å². The molecule has 0 unspecified atom stereocenters. The highest BCUT2D eigenvalue weighted by molar-refractivity contribution is 5.66. The predicted octanol–water partition coefficient (Wildman–Crippen LogP) is 7.86. The zero-order valence-corrected chi connectivity index (χ0v) is 17.5. The van der Waals surface area contributed by atoms with Gasteiger partial charge >= 0.3 is 5.97 Å². The van der Waals surface area contributed by atoms with Gasteiger partial charge in [0, 0.05) is 6.42 Å². The molecular weight excluding hydrogens is 320 g/mol. The van der Waals surface area contributed by atoms with Crippen molar-refractivity contribution in [1.82, 2.24) is 0 Å². The van der Waals surface area contributed by atoms with E-state index in [0.29, 0.717) is 11.8 Å². The molecule has 0 aliphatic carbocycles. The van der Waals surface area contributed by atoms with Gasteiger partial charge in [0.25, 0.3) is 0 Å². The Morgan fingerprint density at radius 1 is 0.808 bits per heavy atom. The fraction of sp³-hybridized carbons (Fsp3) is 0.708. The highest BCUT2D eigenvalue weighted by atomic mass is 16.4. The molecular formula is C24H42O2. The minimum Gasteiger partial charge on any atom is -0.481 e. The number of carboxylic acids is 1. The molecule has 2 nitrogen and oxygen atoms in total. The maximum Gasteiger partial charge on any atom is 0.303 e. The van der Waals surface area contributed by atoms with E-state index in [-0.39, 0.29) is 0 Å². The molecule has 0 fully saturated rings. The molecule has 0 radical (unpaired) electrons. The molecule has 150 valence electrons. The maximum absolute atomic E-state index is 10.4. The quantitative estimate of drug-likeness (QED) is 0.211. The monoisotopic (exact) mass is 362 g/mol. The highest BCUT2D eigenvalue weighted by Crippen LogP contribution is 2.34. The highest BCUT2D eigenvalue weighted by Gasteiger charge is 2.21. The molecule has 0 aromatic carbocycles. The molecule has 26 heavy (non-hydrogen) atoms. The van der Waals surface area contributed by atoms with E-state index >= 15 is 0 Å². The molecule has 0 saturated heterocycles. The predicted molar refractivity (Wildman–Crippen MR) is 115 cm³/mol. The number of carboxylic acid groups (broad SMARTS) is 1. The number of rotatable bonds is 17. The van der Waals surface area contributed by atoms with Crippen LogP contribution in [0.15, 0.2) is 36.5 Å². The molecule has 0 aromatic heterocycles. The second-order valence-corrected chi connectivity index (χ2v) is 7.34. The van der Waals surface area contributed by atoms with Gasteiger partial charge in [0.05, 0.1) is 0 Å². The van der Waals surface area contributed by atoms with Crippen molar-refractivity contribution in [1.29, 1.82) is 0 Å². The van der Waals surface area contributed by atoms with E-state index in [1.54, 1.807) is 0 Å². The van der Waals surface area contributed by atoms with Crippen LogP contribution in [0, 0.1) is 5.41 Å². The molecule has 0 atom stereocenters. The number of hydrogen-bond acceptors (Lipinski definition) is 1. The summed E-state index contributed by atoms with van der Waals surface area (Å²) in [4.78, 5) is 10.4. The molecule has 0 saturated carbocycles. The molecule has 0 aliphatic rings. The van der Waals surface area contributed by atoms with E-state index in [0.717, 1.165) is 44.9 Å². The molecule has 0 bridgehead atoms. The van der Waals surface area contributed by atoms with Gasteiger partial charge in [0.15, 0.2) is 0 Å². The zero-order chi connectivity index (χ0) is 19.5. The first-order chi connectivity index (χ1) is 12.6. The fourth-order valence-corrected chi connectivity index (χ4v) is 3.23. The number of hydrogen-bond donors (Lipinski definition) is 1. The summed E-state index contributed by atoms with van der Waals surface area (Å²) in [5.74, 6) is -0.678. The number of unbranched alkanes of at least 4 members (excludes halogenated alkanes) is 5. The summed E-state index contributed by atoms with van der Waals surface area (Å²) in [6, 6.07) is 0. The van der Waals surface area contributed by atoms with Gasteiger partial charge in [-0.25, -0.2) is 0 Å². The maximum atomic E-state index is 10.4. The lowest BCUT2D eigenvalue weighted by molar-refractivity contribution is -0.137. The Morgan fingerprint density at radius 2 is 1.42 bits per heavy atom. The molecule has 0 heterocycles. The van der Waals surface area contributed by atoms with Crippen molar-refractivity contribution in [3.8, 4) is 0 Å². The lowest BCUT2D eigenvalue weighted by Gasteiger charge is -2.28. The molecule has 0 rings (SSSR count). The van der Waals surface area contributed by atoms with Crippen molar-refractivity contribution in [2.45, 2.75) is 104 Å². The van der Waals surface area contributed by atoms with Gasteiger partial charge in [-0.05, 0) is 56.8 Å². The Morgan fingerprint density at radius 3 is 2.04 bits per heavy atom. The summed E-state index contributed by atoms with van der Waals surface area (Å²) < 4.78 is 0. The first kappa shape index (κ1) is 24.7. The van der Waals surface area contributed by atoms with Crippen LogP contribution in [0.5, 0.6) is 0 Å². The molecule has 1 N–H and O–H groups in total. The summed E-state index contributed by atoms with van der Waals surface area (Å²) >= 11 is 0. The summed E-state index contributed by atoms with van der Waals surface area (Å²) in [6.07, 6.45) is 27.8. The van der Waals surface area contributed by atoms with Crippen LogP contribution >= 0.6 is 0 Å². The topological polar surface area (TPSA) is 37.3 Å². The largest absolute Gasteiger partial charge is 0.481 e. The summed E-state index contributed by atoms with van der Waals surface area (Å²) in [5, 5.41) is 8.57. The second kappa shape index (κ2) is 17.1. The minimum atomic E-state index is -0.678. The third-order valence-electron chi connectivity index (χ3n) is 5.30. The van der Waals surface area contributed by atoms with Crippen LogP contribution in [0.4, 0.5) is 0 Å². The Balaban J connectivity index is 3.80. The van der Waals surface area contributed by atoms with Crippen LogP contribution in [0.25, 0.3) is 0 Å². The normalized spacial score (nSPS) is 12.7. The first-order valence-electron chi connectivity index (χ1n) is 10.8. The van der Waals surface area contributed by atoms with Gasteiger partial charge in [-0.3, -0.25) is 4.79 Å². The van der Waals surface area contributed by atoms with Crippen LogP contribution in [0.2, 0.25) is 0 Å². The Kier molecular flexibility index (Phi) is 16.3. The minimum absolute atomic E-state index is 0.311. The fourth-order valence-electron chi connectivity index (χ4n) is 3.23. The SMILES string of the molecule is CCCCC(/C=C/C/C=C/C/C=C/CCCCCCC(=O)O)(CC)CC. The smallest absolute Gasteiger partial charge is 0.303 e. The van der Waals surface area contributed by atoms with Gasteiger partial charge in [-0.1, -0.05) is 82.9 Å². The average molecular weight is 363 g/mol. The molecule has 0 aromatic rings. The van der Waals surface area contributed by atoms with Gasteiger partial charge in [0.2, 0.25) is 0 Å². The Hall–Kier alpha value is -1.31. The first-order valence-corrected chi connectivity index (χ1v) is 10.8. The third-order valence-corrected chi connectivity index (χ3v) is 5.30. The van der Waals surface area contributed by atoms with Crippen molar-refractivity contribution < 1.29 is 9.90 Å². The van der Waals surface area contributed by atoms with E-state index in [2.05, 4.69) is 57.2 Å². The lowest BCUT2D eigenvalue weighted by Crippen LogP contribution is -2.15. The second-order valence-electron chi connectivity index (χ2n) is 7.34. The van der Waals surface area contributed by atoms with Gasteiger partial charge in [0.1, 0.15) is 0 Å². The van der Waals surface area contributed by atoms with Crippen molar-refractivity contribution in [2.24, 2.45) is 5.41 Å². The van der Waals surface area contributed by atoms with Crippen LogP contribution in [-0.4, -0.2) is 11.1 Å². The van der Waals surface area contributed by atoms with Gasteiger partial charge < -0.3 is 5.11 Å². The average Bonchev–Trinajstić information content (AvgIpc) is 2.64. The lowest BCUT2D eigenvalue weighted by atomic mass is 9.77. The van der Waals surface area contributed by atoms with Crippen LogP contribution < -0.4 is 0 Å². The van der Waals surface area contributed by atoms with E-state index in [4.69, 9.17) is 5.11 Å². The third kappa shape index (κ3) is 13.9. The summed E-state index contributed by atoms with van der Waals surface area (Å²) in [7, 11) is 0. The van der Waals surface area contributed by atoms with E-state index < -0.39 is 5.97 Å². The Bertz CT molecular complexity index is 414. The molecule has 0 aliphatic heterocycles. The number of carbonyl (C=O) groups is 1. The Labute approximate surface area is 162 Å². The van der Waals surface area contributed by atoms with Crippen molar-refractivity contribution in [3.05, 3.63) is 36.5 Å². The van der Waals surface area contributed by atoms with E-state index in [1.807, 2.05) is 0 Å². The standard InChI is InChI=1S/C24H42O2/c1-4-7-21-24(5-2,6-3)22-19-17-15-13-11-9-8-10-12-14-16-18-20-23(25)26/h8-9,13,15,19,22H,4-7,10-12,14,16-18,20-21H2,1-3H3,(H,25,26)/b9-8+,15-13+,22-19+. The number of allylic oxidation sites excluding steroid dienone is 6. The van der Waals surface area contributed by atoms with Gasteiger partial charge in [-0.2, -0.15) is 0 Å². The molecule has 0 spiro atoms. The number of aliphatic carboxylic acids is 1. The van der Waals surface area contributed by atoms with Crippen molar-refractivity contribution >= 4 is 5.97 Å². The van der Waals surface area contributed by atoms with Crippen LogP contribution in [0.3, 0.4) is 0 Å². The van der Waals surface area contributed by atoms with Crippen molar-refractivity contribution in [3.63, 3.8) is 0 Å². The van der Waals surface area contributed by atoms with Crippen molar-refractivity contribution in [2.75, 3.05) is 0 Å². The molecule has 2 heteroatoms. The summed E-state index contributed by atoms with van der Waals surface area (Å²) in [5.41, 5.74) is 0.411. The van der Waals surface area contributed by atoms with E-state index in [9.17, 15) is 4.79 Å². The van der Waals surface area contributed by atoms with Gasteiger partial charge in [-0.15, -0.1) is 0 Å². The zero-order valence-electron chi connectivity index (χ0n) is 17.5. The summed E-state index contributed by atoms with van der Waals surface area (Å²) in [6.45, 7) is 6.90.